The zero-order valence-corrected chi connectivity index (χ0v) is 13.2. The van der Waals surface area contributed by atoms with Crippen molar-refractivity contribution in [2.24, 2.45) is 5.10 Å². The largest absolute Gasteiger partial charge is 0.494 e. The number of carbonyl (C=O) groups excluding carboxylic acids is 1. The Morgan fingerprint density at radius 1 is 1.18 bits per heavy atom. The van der Waals surface area contributed by atoms with Crippen molar-refractivity contribution in [3.8, 4) is 5.75 Å². The number of carbonyl (C=O) groups is 1. The van der Waals surface area contributed by atoms with Crippen LogP contribution in [0.25, 0.3) is 0 Å². The zero-order chi connectivity index (χ0) is 15.6. The van der Waals surface area contributed by atoms with Gasteiger partial charge in [-0.3, -0.25) is 4.79 Å². The van der Waals surface area contributed by atoms with Crippen molar-refractivity contribution in [2.75, 3.05) is 12.4 Å². The Balaban J connectivity index is 1.75. The van der Waals surface area contributed by atoms with E-state index >= 15 is 0 Å². The number of hydrazone groups is 1. The molecule has 0 spiro atoms. The van der Waals surface area contributed by atoms with Gasteiger partial charge in [-0.1, -0.05) is 18.2 Å². The lowest BCUT2D eigenvalue weighted by Gasteiger charge is -2.02. The molecule has 22 heavy (non-hydrogen) atoms. The van der Waals surface area contributed by atoms with E-state index in [1.807, 2.05) is 61.5 Å². The Hall–Kier alpha value is -2.27. The van der Waals surface area contributed by atoms with Crippen LogP contribution in [0.4, 0.5) is 0 Å². The second kappa shape index (κ2) is 8.89. The molecule has 2 rings (SSSR count). The van der Waals surface area contributed by atoms with Crippen molar-refractivity contribution in [2.45, 2.75) is 11.8 Å². The summed E-state index contributed by atoms with van der Waals surface area (Å²) in [5.74, 6) is 1.03. The first-order valence-corrected chi connectivity index (χ1v) is 7.99. The Labute approximate surface area is 134 Å². The second-order valence-corrected chi connectivity index (χ2v) is 5.45. The first-order valence-electron chi connectivity index (χ1n) is 7.00. The van der Waals surface area contributed by atoms with Crippen molar-refractivity contribution >= 4 is 23.9 Å². The molecule has 0 heterocycles. The number of nitrogens with zero attached hydrogens (tertiary/aromatic N) is 1. The molecule has 0 radical (unpaired) electrons. The van der Waals surface area contributed by atoms with Crippen molar-refractivity contribution in [1.82, 2.24) is 5.43 Å². The Morgan fingerprint density at radius 3 is 2.59 bits per heavy atom. The van der Waals surface area contributed by atoms with Crippen LogP contribution in [-0.4, -0.2) is 24.5 Å². The first-order chi connectivity index (χ1) is 10.8. The lowest BCUT2D eigenvalue weighted by molar-refractivity contribution is -0.118. The van der Waals surface area contributed by atoms with E-state index < -0.39 is 0 Å². The van der Waals surface area contributed by atoms with Crippen LogP contribution in [0.3, 0.4) is 0 Å². The van der Waals surface area contributed by atoms with Crippen LogP contribution in [0.5, 0.6) is 5.75 Å². The average molecular weight is 314 g/mol. The Kier molecular flexibility index (Phi) is 6.51. The van der Waals surface area contributed by atoms with Crippen LogP contribution >= 0.6 is 11.8 Å². The van der Waals surface area contributed by atoms with Gasteiger partial charge in [0.25, 0.3) is 0 Å². The predicted molar refractivity (Wildman–Crippen MR) is 90.5 cm³/mol. The maximum Gasteiger partial charge on any atom is 0.250 e. The number of hydrogen-bond donors (Lipinski definition) is 1. The number of hydrogen-bond acceptors (Lipinski definition) is 4. The molecule has 1 amide bonds. The Bertz CT molecular complexity index is 612. The van der Waals surface area contributed by atoms with Gasteiger partial charge in [0.05, 0.1) is 18.6 Å². The highest BCUT2D eigenvalue weighted by atomic mass is 32.2. The lowest BCUT2D eigenvalue weighted by Crippen LogP contribution is -2.19. The molecule has 0 unspecified atom stereocenters. The van der Waals surface area contributed by atoms with Gasteiger partial charge in [0.1, 0.15) is 5.75 Å². The molecule has 0 aliphatic carbocycles. The highest BCUT2D eigenvalue weighted by molar-refractivity contribution is 8.00. The van der Waals surface area contributed by atoms with Gasteiger partial charge in [0, 0.05) is 4.90 Å². The third-order valence-electron chi connectivity index (χ3n) is 2.71. The zero-order valence-electron chi connectivity index (χ0n) is 12.4. The predicted octanol–water partition coefficient (Wildman–Crippen LogP) is 3.33. The summed E-state index contributed by atoms with van der Waals surface area (Å²) in [6.07, 6.45) is 1.61. The Morgan fingerprint density at radius 2 is 1.91 bits per heavy atom. The molecule has 5 heteroatoms. The molecule has 0 fully saturated rings. The van der Waals surface area contributed by atoms with Gasteiger partial charge in [0.2, 0.25) is 5.91 Å². The molecular weight excluding hydrogens is 296 g/mol. The maximum absolute atomic E-state index is 11.7. The topological polar surface area (TPSA) is 50.7 Å². The van der Waals surface area contributed by atoms with Crippen LogP contribution in [0.1, 0.15) is 12.5 Å². The summed E-state index contributed by atoms with van der Waals surface area (Å²) in [5.41, 5.74) is 3.42. The number of ether oxygens (including phenoxy) is 1. The van der Waals surface area contributed by atoms with Gasteiger partial charge >= 0.3 is 0 Å². The summed E-state index contributed by atoms with van der Waals surface area (Å²) >= 11 is 1.48. The number of thioether (sulfide) groups is 1. The van der Waals surface area contributed by atoms with E-state index in [0.717, 1.165) is 16.2 Å². The minimum atomic E-state index is -0.129. The van der Waals surface area contributed by atoms with Gasteiger partial charge < -0.3 is 4.74 Å². The van der Waals surface area contributed by atoms with Crippen molar-refractivity contribution < 1.29 is 9.53 Å². The molecular formula is C17H18N2O2S. The molecule has 4 nitrogen and oxygen atoms in total. The molecule has 0 aromatic heterocycles. The van der Waals surface area contributed by atoms with Crippen molar-refractivity contribution in [1.29, 1.82) is 0 Å². The number of benzene rings is 2. The highest BCUT2D eigenvalue weighted by Gasteiger charge is 2.00. The third-order valence-corrected chi connectivity index (χ3v) is 3.72. The number of nitrogens with one attached hydrogen (secondary N) is 1. The minimum absolute atomic E-state index is 0.129. The SMILES string of the molecule is CCOc1ccc(/C=N\NC(=O)CSc2ccccc2)cc1. The number of amides is 1. The molecule has 0 aliphatic rings. The molecule has 0 atom stereocenters. The monoisotopic (exact) mass is 314 g/mol. The molecule has 2 aromatic rings. The first kappa shape index (κ1) is 16.1. The average Bonchev–Trinajstić information content (AvgIpc) is 2.56. The minimum Gasteiger partial charge on any atom is -0.494 e. The van der Waals surface area contributed by atoms with Gasteiger partial charge in [-0.2, -0.15) is 5.10 Å². The van der Waals surface area contributed by atoms with Crippen molar-refractivity contribution in [3.05, 3.63) is 60.2 Å². The van der Waals surface area contributed by atoms with E-state index in [0.29, 0.717) is 12.4 Å². The fraction of sp³-hybridized carbons (Fsp3) is 0.176. The fourth-order valence-corrected chi connectivity index (χ4v) is 2.41. The van der Waals surface area contributed by atoms with Crippen LogP contribution in [0.15, 0.2) is 64.6 Å². The van der Waals surface area contributed by atoms with E-state index in [-0.39, 0.29) is 5.91 Å². The molecule has 1 N–H and O–H groups in total. The quantitative estimate of drug-likeness (QED) is 0.484. The summed E-state index contributed by atoms with van der Waals surface area (Å²) in [6, 6.07) is 17.3. The summed E-state index contributed by atoms with van der Waals surface area (Å²) in [5, 5.41) is 3.95. The van der Waals surface area contributed by atoms with Crippen molar-refractivity contribution in [3.63, 3.8) is 0 Å². The maximum atomic E-state index is 11.7. The molecule has 0 bridgehead atoms. The molecule has 0 aliphatic heterocycles. The fourth-order valence-electron chi connectivity index (χ4n) is 1.69. The second-order valence-electron chi connectivity index (χ2n) is 4.40. The molecule has 0 saturated carbocycles. The molecule has 2 aromatic carbocycles. The van der Waals surface area contributed by atoms with E-state index in [9.17, 15) is 4.79 Å². The van der Waals surface area contributed by atoms with E-state index in [2.05, 4.69) is 10.5 Å². The highest BCUT2D eigenvalue weighted by Crippen LogP contribution is 2.16. The van der Waals surface area contributed by atoms with Crippen LogP contribution < -0.4 is 10.2 Å². The molecule has 114 valence electrons. The number of rotatable bonds is 7. The lowest BCUT2D eigenvalue weighted by atomic mass is 10.2. The smallest absolute Gasteiger partial charge is 0.250 e. The van der Waals surface area contributed by atoms with E-state index in [4.69, 9.17) is 4.74 Å². The van der Waals surface area contributed by atoms with E-state index in [1.54, 1.807) is 6.21 Å². The summed E-state index contributed by atoms with van der Waals surface area (Å²) in [4.78, 5) is 12.7. The van der Waals surface area contributed by atoms with Crippen LogP contribution in [0, 0.1) is 0 Å². The van der Waals surface area contributed by atoms with Gasteiger partial charge in [-0.05, 0) is 48.9 Å². The summed E-state index contributed by atoms with van der Waals surface area (Å²) in [7, 11) is 0. The normalized spacial score (nSPS) is 10.6. The third kappa shape index (κ3) is 5.61. The van der Waals surface area contributed by atoms with Gasteiger partial charge in [-0.15, -0.1) is 11.8 Å². The van der Waals surface area contributed by atoms with Gasteiger partial charge in [-0.25, -0.2) is 5.43 Å². The summed E-state index contributed by atoms with van der Waals surface area (Å²) in [6.45, 7) is 2.58. The summed E-state index contributed by atoms with van der Waals surface area (Å²) < 4.78 is 5.36. The standard InChI is InChI=1S/C17H18N2O2S/c1-2-21-15-10-8-14(9-11-15)12-18-19-17(20)13-22-16-6-4-3-5-7-16/h3-12H,2,13H2,1H3,(H,19,20)/b18-12-. The molecule has 0 saturated heterocycles. The van der Waals surface area contributed by atoms with Crippen LogP contribution in [-0.2, 0) is 4.79 Å². The van der Waals surface area contributed by atoms with E-state index in [1.165, 1.54) is 11.8 Å². The van der Waals surface area contributed by atoms with Gasteiger partial charge in [0.15, 0.2) is 0 Å². The van der Waals surface area contributed by atoms with Crippen LogP contribution in [0.2, 0.25) is 0 Å².